The Hall–Kier alpha value is -2.21. The Balaban J connectivity index is 1.68. The minimum absolute atomic E-state index is 0.0381. The monoisotopic (exact) mass is 300 g/mol. The fourth-order valence-electron chi connectivity index (χ4n) is 2.82. The lowest BCUT2D eigenvalue weighted by atomic mass is 10.00. The van der Waals surface area contributed by atoms with Gasteiger partial charge in [-0.2, -0.15) is 0 Å². The Bertz CT molecular complexity index is 681. The van der Waals surface area contributed by atoms with E-state index in [0.29, 0.717) is 13.0 Å². The van der Waals surface area contributed by atoms with Gasteiger partial charge in [-0.25, -0.2) is 4.68 Å². The molecule has 0 saturated carbocycles. The summed E-state index contributed by atoms with van der Waals surface area (Å²) in [5.74, 6) is 0.0538. The molecule has 2 heterocycles. The van der Waals surface area contributed by atoms with Gasteiger partial charge in [-0.1, -0.05) is 29.5 Å². The maximum atomic E-state index is 12.5. The zero-order chi connectivity index (χ0) is 15.5. The SMILES string of the molecule is Cc1c(CCO)nnn1CC(=O)N1CCc2ccccc2C1. The minimum Gasteiger partial charge on any atom is -0.396 e. The van der Waals surface area contributed by atoms with E-state index in [2.05, 4.69) is 22.4 Å². The van der Waals surface area contributed by atoms with Crippen molar-refractivity contribution in [3.05, 3.63) is 46.8 Å². The topological polar surface area (TPSA) is 71.2 Å². The number of amides is 1. The molecule has 1 N–H and O–H groups in total. The summed E-state index contributed by atoms with van der Waals surface area (Å²) in [6, 6.07) is 8.25. The van der Waals surface area contributed by atoms with E-state index in [-0.39, 0.29) is 19.1 Å². The molecule has 0 bridgehead atoms. The fraction of sp³-hybridized carbons (Fsp3) is 0.438. The lowest BCUT2D eigenvalue weighted by Gasteiger charge is -2.28. The maximum Gasteiger partial charge on any atom is 0.244 e. The average Bonchev–Trinajstić information content (AvgIpc) is 2.88. The summed E-state index contributed by atoms with van der Waals surface area (Å²) >= 11 is 0. The molecule has 0 unspecified atom stereocenters. The third kappa shape index (κ3) is 2.87. The number of carbonyl (C=O) groups excluding carboxylic acids is 1. The molecule has 0 spiro atoms. The predicted molar refractivity (Wildman–Crippen MR) is 81.1 cm³/mol. The zero-order valence-corrected chi connectivity index (χ0v) is 12.7. The highest BCUT2D eigenvalue weighted by molar-refractivity contribution is 5.76. The van der Waals surface area contributed by atoms with Gasteiger partial charge in [-0.15, -0.1) is 5.10 Å². The van der Waals surface area contributed by atoms with Crippen LogP contribution >= 0.6 is 0 Å². The van der Waals surface area contributed by atoms with Crippen molar-refractivity contribution in [3.63, 3.8) is 0 Å². The van der Waals surface area contributed by atoms with Crippen molar-refractivity contribution in [1.29, 1.82) is 0 Å². The van der Waals surface area contributed by atoms with E-state index in [1.165, 1.54) is 11.1 Å². The molecule has 1 aromatic heterocycles. The van der Waals surface area contributed by atoms with Crippen LogP contribution in [0.25, 0.3) is 0 Å². The first-order valence-corrected chi connectivity index (χ1v) is 7.53. The first-order chi connectivity index (χ1) is 10.7. The standard InChI is InChI=1S/C16H20N4O2/c1-12-15(7-9-21)17-18-20(12)11-16(22)19-8-6-13-4-2-3-5-14(13)10-19/h2-5,21H,6-11H2,1H3. The molecule has 116 valence electrons. The number of hydrogen-bond donors (Lipinski definition) is 1. The van der Waals surface area contributed by atoms with E-state index in [9.17, 15) is 4.79 Å². The minimum atomic E-state index is 0.0381. The molecule has 0 saturated heterocycles. The third-order valence-corrected chi connectivity index (χ3v) is 4.20. The third-order valence-electron chi connectivity index (χ3n) is 4.20. The quantitative estimate of drug-likeness (QED) is 0.902. The summed E-state index contributed by atoms with van der Waals surface area (Å²) < 4.78 is 1.62. The Morgan fingerprint density at radius 2 is 2.09 bits per heavy atom. The molecule has 1 aliphatic heterocycles. The summed E-state index contributed by atoms with van der Waals surface area (Å²) in [4.78, 5) is 14.4. The van der Waals surface area contributed by atoms with Gasteiger partial charge in [0.15, 0.2) is 0 Å². The molecule has 0 aliphatic carbocycles. The highest BCUT2D eigenvalue weighted by Crippen LogP contribution is 2.18. The number of aromatic nitrogens is 3. The molecule has 1 aromatic carbocycles. The first kappa shape index (κ1) is 14.7. The number of aliphatic hydroxyl groups is 1. The molecule has 1 aliphatic rings. The zero-order valence-electron chi connectivity index (χ0n) is 12.7. The van der Waals surface area contributed by atoms with Crippen LogP contribution in [0, 0.1) is 6.92 Å². The molecular weight excluding hydrogens is 280 g/mol. The highest BCUT2D eigenvalue weighted by Gasteiger charge is 2.21. The molecule has 0 fully saturated rings. The van der Waals surface area contributed by atoms with Crippen LogP contribution in [0.3, 0.4) is 0 Å². The Kier molecular flexibility index (Phi) is 4.20. The number of rotatable bonds is 4. The molecule has 22 heavy (non-hydrogen) atoms. The van der Waals surface area contributed by atoms with Crippen LogP contribution < -0.4 is 0 Å². The number of benzene rings is 1. The van der Waals surface area contributed by atoms with E-state index < -0.39 is 0 Å². The molecule has 1 amide bonds. The Morgan fingerprint density at radius 3 is 2.86 bits per heavy atom. The van der Waals surface area contributed by atoms with Crippen molar-refractivity contribution in [2.75, 3.05) is 13.2 Å². The molecule has 6 nitrogen and oxygen atoms in total. The van der Waals surface area contributed by atoms with Crippen molar-refractivity contribution in [1.82, 2.24) is 19.9 Å². The van der Waals surface area contributed by atoms with Crippen molar-refractivity contribution in [2.45, 2.75) is 32.9 Å². The second-order valence-corrected chi connectivity index (χ2v) is 5.59. The van der Waals surface area contributed by atoms with Crippen molar-refractivity contribution >= 4 is 5.91 Å². The van der Waals surface area contributed by atoms with Gasteiger partial charge in [-0.3, -0.25) is 4.79 Å². The lowest BCUT2D eigenvalue weighted by Crippen LogP contribution is -2.38. The summed E-state index contributed by atoms with van der Waals surface area (Å²) in [5.41, 5.74) is 4.14. The van der Waals surface area contributed by atoms with Crippen LogP contribution in [0.2, 0.25) is 0 Å². The van der Waals surface area contributed by atoms with Crippen LogP contribution in [-0.2, 0) is 30.7 Å². The summed E-state index contributed by atoms with van der Waals surface area (Å²) in [6.07, 6.45) is 1.37. The second kappa shape index (κ2) is 6.27. The molecular formula is C16H20N4O2. The van der Waals surface area contributed by atoms with Crippen molar-refractivity contribution in [3.8, 4) is 0 Å². The van der Waals surface area contributed by atoms with Gasteiger partial charge in [0.2, 0.25) is 5.91 Å². The number of fused-ring (bicyclic) bond motifs is 1. The predicted octanol–water partition coefficient (Wildman–Crippen LogP) is 0.706. The van der Waals surface area contributed by atoms with E-state index in [4.69, 9.17) is 5.11 Å². The normalized spacial score (nSPS) is 14.0. The largest absolute Gasteiger partial charge is 0.396 e. The van der Waals surface area contributed by atoms with Crippen molar-refractivity contribution < 1.29 is 9.90 Å². The van der Waals surface area contributed by atoms with Crippen LogP contribution in [0.5, 0.6) is 0 Å². The van der Waals surface area contributed by atoms with Gasteiger partial charge >= 0.3 is 0 Å². The number of carbonyl (C=O) groups is 1. The van der Waals surface area contributed by atoms with Gasteiger partial charge in [0.25, 0.3) is 0 Å². The number of hydrogen-bond acceptors (Lipinski definition) is 4. The van der Waals surface area contributed by atoms with Gasteiger partial charge < -0.3 is 10.0 Å². The molecule has 2 aromatic rings. The second-order valence-electron chi connectivity index (χ2n) is 5.59. The lowest BCUT2D eigenvalue weighted by molar-refractivity contribution is -0.133. The van der Waals surface area contributed by atoms with Crippen LogP contribution in [0.1, 0.15) is 22.5 Å². The first-order valence-electron chi connectivity index (χ1n) is 7.53. The van der Waals surface area contributed by atoms with Crippen molar-refractivity contribution in [2.24, 2.45) is 0 Å². The Labute approximate surface area is 129 Å². The smallest absolute Gasteiger partial charge is 0.244 e. The Morgan fingerprint density at radius 1 is 1.32 bits per heavy atom. The van der Waals surface area contributed by atoms with E-state index in [0.717, 1.165) is 24.4 Å². The van der Waals surface area contributed by atoms with E-state index in [1.54, 1.807) is 4.68 Å². The van der Waals surface area contributed by atoms with Gasteiger partial charge in [0.1, 0.15) is 6.54 Å². The molecule has 6 heteroatoms. The van der Waals surface area contributed by atoms with Crippen LogP contribution in [0.4, 0.5) is 0 Å². The summed E-state index contributed by atoms with van der Waals surface area (Å²) in [5, 5.41) is 17.0. The van der Waals surface area contributed by atoms with Crippen LogP contribution in [-0.4, -0.2) is 44.1 Å². The van der Waals surface area contributed by atoms with E-state index >= 15 is 0 Å². The summed E-state index contributed by atoms with van der Waals surface area (Å²) in [6.45, 7) is 3.52. The highest BCUT2D eigenvalue weighted by atomic mass is 16.3. The summed E-state index contributed by atoms with van der Waals surface area (Å²) in [7, 11) is 0. The van der Waals surface area contributed by atoms with Gasteiger partial charge in [0.05, 0.1) is 11.4 Å². The molecule has 0 atom stereocenters. The van der Waals surface area contributed by atoms with Gasteiger partial charge in [-0.05, 0) is 24.5 Å². The maximum absolute atomic E-state index is 12.5. The van der Waals surface area contributed by atoms with Gasteiger partial charge in [0, 0.05) is 26.1 Å². The fourth-order valence-corrected chi connectivity index (χ4v) is 2.82. The number of aliphatic hydroxyl groups excluding tert-OH is 1. The molecule has 0 radical (unpaired) electrons. The van der Waals surface area contributed by atoms with Crippen LogP contribution in [0.15, 0.2) is 24.3 Å². The molecule has 3 rings (SSSR count). The van der Waals surface area contributed by atoms with E-state index in [1.807, 2.05) is 24.0 Å². The average molecular weight is 300 g/mol. The number of nitrogens with zero attached hydrogens (tertiary/aromatic N) is 4.